The van der Waals surface area contributed by atoms with Gasteiger partial charge in [0, 0.05) is 18.0 Å². The molecule has 2 aliphatic rings. The van der Waals surface area contributed by atoms with E-state index in [0.717, 1.165) is 36.3 Å². The van der Waals surface area contributed by atoms with Crippen molar-refractivity contribution in [3.05, 3.63) is 17.5 Å². The summed E-state index contributed by atoms with van der Waals surface area (Å²) >= 11 is 0. The highest BCUT2D eigenvalue weighted by molar-refractivity contribution is 5.30. The van der Waals surface area contributed by atoms with Gasteiger partial charge in [-0.2, -0.15) is 0 Å². The Hall–Kier alpha value is -1.16. The first-order valence-corrected chi connectivity index (χ1v) is 6.43. The predicted octanol–water partition coefficient (Wildman–Crippen LogP) is 2.07. The normalized spacial score (nSPS) is 28.4. The van der Waals surface area contributed by atoms with Crippen LogP contribution in [-0.2, 0) is 4.74 Å². The highest BCUT2D eigenvalue weighted by atomic mass is 16.5. The fourth-order valence-corrected chi connectivity index (χ4v) is 2.61. The highest BCUT2D eigenvalue weighted by Crippen LogP contribution is 2.39. The van der Waals surface area contributed by atoms with Gasteiger partial charge in [0.1, 0.15) is 0 Å². The van der Waals surface area contributed by atoms with E-state index in [1.807, 2.05) is 19.9 Å². The van der Waals surface area contributed by atoms with Crippen molar-refractivity contribution < 1.29 is 4.74 Å². The van der Waals surface area contributed by atoms with E-state index in [1.165, 1.54) is 12.8 Å². The molecule has 1 aliphatic carbocycles. The number of nitrogens with one attached hydrogen (secondary N) is 1. The summed E-state index contributed by atoms with van der Waals surface area (Å²) in [5.74, 6) is 1.52. The van der Waals surface area contributed by atoms with Crippen LogP contribution in [0.1, 0.15) is 30.7 Å². The van der Waals surface area contributed by atoms with Crippen LogP contribution in [0.3, 0.4) is 0 Å². The molecule has 3 rings (SSSR count). The molecule has 2 fully saturated rings. The Bertz CT molecular complexity index is 397. The van der Waals surface area contributed by atoms with Crippen molar-refractivity contribution >= 4 is 5.95 Å². The van der Waals surface area contributed by atoms with E-state index in [0.29, 0.717) is 12.1 Å². The number of aromatic nitrogens is 2. The monoisotopic (exact) mass is 233 g/mol. The first-order valence-electron chi connectivity index (χ1n) is 6.43. The first-order chi connectivity index (χ1) is 8.22. The highest BCUT2D eigenvalue weighted by Gasteiger charge is 2.40. The van der Waals surface area contributed by atoms with E-state index >= 15 is 0 Å². The van der Waals surface area contributed by atoms with Crippen molar-refractivity contribution in [3.63, 3.8) is 0 Å². The van der Waals surface area contributed by atoms with Crippen LogP contribution in [-0.4, -0.2) is 28.7 Å². The molecule has 4 nitrogen and oxygen atoms in total. The maximum absolute atomic E-state index is 5.80. The van der Waals surface area contributed by atoms with E-state index in [4.69, 9.17) is 4.74 Å². The predicted molar refractivity (Wildman–Crippen MR) is 66.0 cm³/mol. The largest absolute Gasteiger partial charge is 0.376 e. The lowest BCUT2D eigenvalue weighted by Crippen LogP contribution is -2.31. The zero-order valence-electron chi connectivity index (χ0n) is 10.4. The zero-order chi connectivity index (χ0) is 11.8. The molecule has 0 bridgehead atoms. The van der Waals surface area contributed by atoms with Crippen LogP contribution in [0.5, 0.6) is 0 Å². The van der Waals surface area contributed by atoms with E-state index in [2.05, 4.69) is 15.3 Å². The molecule has 2 unspecified atom stereocenters. The Morgan fingerprint density at radius 1 is 1.18 bits per heavy atom. The summed E-state index contributed by atoms with van der Waals surface area (Å²) in [4.78, 5) is 8.87. The number of anilines is 1. The molecule has 17 heavy (non-hydrogen) atoms. The van der Waals surface area contributed by atoms with Crippen molar-refractivity contribution in [2.75, 3.05) is 11.9 Å². The Kier molecular flexibility index (Phi) is 2.74. The van der Waals surface area contributed by atoms with Gasteiger partial charge in [0.2, 0.25) is 5.95 Å². The van der Waals surface area contributed by atoms with Gasteiger partial charge in [0.25, 0.3) is 0 Å². The maximum Gasteiger partial charge on any atom is 0.223 e. The minimum atomic E-state index is 0.374. The fourth-order valence-electron chi connectivity index (χ4n) is 2.61. The average Bonchev–Trinajstić information content (AvgIpc) is 2.99. The lowest BCUT2D eigenvalue weighted by molar-refractivity contribution is 0.0897. The van der Waals surface area contributed by atoms with Crippen molar-refractivity contribution in [2.24, 2.45) is 5.92 Å². The van der Waals surface area contributed by atoms with Gasteiger partial charge in [-0.25, -0.2) is 9.97 Å². The fraction of sp³-hybridized carbons (Fsp3) is 0.692. The minimum absolute atomic E-state index is 0.374. The van der Waals surface area contributed by atoms with Crippen LogP contribution in [0.25, 0.3) is 0 Å². The third kappa shape index (κ3) is 2.41. The van der Waals surface area contributed by atoms with Gasteiger partial charge >= 0.3 is 0 Å². The molecule has 2 atom stereocenters. The molecule has 2 heterocycles. The van der Waals surface area contributed by atoms with Gasteiger partial charge in [-0.15, -0.1) is 0 Å². The summed E-state index contributed by atoms with van der Waals surface area (Å²) in [6, 6.07) is 2.39. The second kappa shape index (κ2) is 4.26. The number of aryl methyl sites for hydroxylation is 2. The van der Waals surface area contributed by atoms with E-state index in [1.54, 1.807) is 0 Å². The average molecular weight is 233 g/mol. The van der Waals surface area contributed by atoms with E-state index in [-0.39, 0.29) is 0 Å². The molecule has 1 aromatic rings. The summed E-state index contributed by atoms with van der Waals surface area (Å²) in [7, 11) is 0. The molecule has 1 N–H and O–H groups in total. The maximum atomic E-state index is 5.80. The minimum Gasteiger partial charge on any atom is -0.376 e. The third-order valence-corrected chi connectivity index (χ3v) is 3.52. The Balaban J connectivity index is 1.72. The van der Waals surface area contributed by atoms with Crippen LogP contribution < -0.4 is 5.32 Å². The smallest absolute Gasteiger partial charge is 0.223 e. The molecular weight excluding hydrogens is 214 g/mol. The number of hydrogen-bond donors (Lipinski definition) is 1. The van der Waals surface area contributed by atoms with Gasteiger partial charge in [-0.3, -0.25) is 0 Å². The topological polar surface area (TPSA) is 47.0 Å². The van der Waals surface area contributed by atoms with Crippen LogP contribution in [0.15, 0.2) is 6.07 Å². The van der Waals surface area contributed by atoms with Crippen LogP contribution >= 0.6 is 0 Å². The summed E-state index contributed by atoms with van der Waals surface area (Å²) in [5.41, 5.74) is 2.03. The first kappa shape index (κ1) is 11.0. The zero-order valence-corrected chi connectivity index (χ0v) is 10.4. The second-order valence-corrected chi connectivity index (χ2v) is 5.19. The lowest BCUT2D eigenvalue weighted by Gasteiger charge is -2.19. The Labute approximate surface area is 102 Å². The SMILES string of the molecule is Cc1cc(C)nc(NC2CCOC2C2CC2)n1. The molecule has 92 valence electrons. The molecule has 1 saturated heterocycles. The van der Waals surface area contributed by atoms with Crippen molar-refractivity contribution in [1.29, 1.82) is 0 Å². The number of nitrogens with zero attached hydrogens (tertiary/aromatic N) is 2. The standard InChI is InChI=1S/C13H19N3O/c1-8-7-9(2)15-13(14-8)16-11-5-6-17-12(11)10-3-4-10/h7,10-12H,3-6H2,1-2H3,(H,14,15,16). The molecule has 1 saturated carbocycles. The van der Waals surface area contributed by atoms with Crippen LogP contribution in [0, 0.1) is 19.8 Å². The van der Waals surface area contributed by atoms with Gasteiger partial charge in [0.15, 0.2) is 0 Å². The summed E-state index contributed by atoms with van der Waals surface area (Å²) in [5, 5.41) is 3.45. The summed E-state index contributed by atoms with van der Waals surface area (Å²) < 4.78 is 5.80. The number of ether oxygens (including phenoxy) is 1. The van der Waals surface area contributed by atoms with E-state index in [9.17, 15) is 0 Å². The Morgan fingerprint density at radius 2 is 1.88 bits per heavy atom. The van der Waals surface area contributed by atoms with Crippen molar-refractivity contribution in [2.45, 2.75) is 45.3 Å². The molecule has 4 heteroatoms. The summed E-state index contributed by atoms with van der Waals surface area (Å²) in [6.07, 6.45) is 4.07. The second-order valence-electron chi connectivity index (χ2n) is 5.19. The molecule has 0 aromatic carbocycles. The molecule has 0 amide bonds. The van der Waals surface area contributed by atoms with E-state index < -0.39 is 0 Å². The summed E-state index contributed by atoms with van der Waals surface area (Å²) in [6.45, 7) is 4.87. The molecule has 1 aromatic heterocycles. The van der Waals surface area contributed by atoms with Crippen LogP contribution in [0.4, 0.5) is 5.95 Å². The number of rotatable bonds is 3. The third-order valence-electron chi connectivity index (χ3n) is 3.52. The van der Waals surface area contributed by atoms with Gasteiger partial charge < -0.3 is 10.1 Å². The van der Waals surface area contributed by atoms with Gasteiger partial charge in [-0.1, -0.05) is 0 Å². The molecule has 0 spiro atoms. The van der Waals surface area contributed by atoms with Crippen molar-refractivity contribution in [3.8, 4) is 0 Å². The molecule has 0 radical (unpaired) electrons. The van der Waals surface area contributed by atoms with Gasteiger partial charge in [0.05, 0.1) is 12.1 Å². The number of hydrogen-bond acceptors (Lipinski definition) is 4. The Morgan fingerprint density at radius 3 is 2.53 bits per heavy atom. The van der Waals surface area contributed by atoms with Crippen molar-refractivity contribution in [1.82, 2.24) is 9.97 Å². The lowest BCUT2D eigenvalue weighted by atomic mass is 10.1. The van der Waals surface area contributed by atoms with Gasteiger partial charge in [-0.05, 0) is 45.1 Å². The molecule has 1 aliphatic heterocycles. The van der Waals surface area contributed by atoms with Crippen LogP contribution in [0.2, 0.25) is 0 Å². The molecular formula is C13H19N3O. The quantitative estimate of drug-likeness (QED) is 0.868.